The highest BCUT2D eigenvalue weighted by Gasteiger charge is 2.35. The number of halogens is 1. The topological polar surface area (TPSA) is 119 Å². The molecule has 12 heteroatoms. The van der Waals surface area contributed by atoms with E-state index in [0.29, 0.717) is 29.3 Å². The number of pyridine rings is 1. The van der Waals surface area contributed by atoms with E-state index in [1.165, 1.54) is 23.6 Å². The molecule has 0 unspecified atom stereocenters. The molecular formula is C21H21ClN6O3S2. The van der Waals surface area contributed by atoms with Gasteiger partial charge in [-0.25, -0.2) is 13.4 Å². The highest BCUT2D eigenvalue weighted by Crippen LogP contribution is 2.31. The van der Waals surface area contributed by atoms with Gasteiger partial charge in [-0.2, -0.15) is 5.10 Å². The van der Waals surface area contributed by atoms with Gasteiger partial charge in [0.2, 0.25) is 10.0 Å². The lowest BCUT2D eigenvalue weighted by atomic mass is 10.2. The molecule has 9 nitrogen and oxygen atoms in total. The Morgan fingerprint density at radius 3 is 2.88 bits per heavy atom. The van der Waals surface area contributed by atoms with E-state index in [0.717, 1.165) is 16.1 Å². The molecule has 33 heavy (non-hydrogen) atoms. The van der Waals surface area contributed by atoms with Crippen molar-refractivity contribution in [3.8, 4) is 10.4 Å². The van der Waals surface area contributed by atoms with Crippen molar-refractivity contribution in [1.29, 1.82) is 0 Å². The van der Waals surface area contributed by atoms with Gasteiger partial charge in [0, 0.05) is 30.0 Å². The van der Waals surface area contributed by atoms with Crippen LogP contribution in [-0.2, 0) is 23.6 Å². The van der Waals surface area contributed by atoms with Crippen LogP contribution in [0.5, 0.6) is 0 Å². The predicted molar refractivity (Wildman–Crippen MR) is 129 cm³/mol. The van der Waals surface area contributed by atoms with Crippen LogP contribution in [0.2, 0.25) is 0 Å². The van der Waals surface area contributed by atoms with Crippen molar-refractivity contribution in [2.24, 2.45) is 7.05 Å². The number of allylic oxidation sites excluding steroid dienone is 2. The number of carbonyl (C=O) groups is 1. The number of aryl methyl sites for hydroxylation is 1. The number of aromatic nitrogens is 4. The molecule has 4 rings (SSSR count). The second kappa shape index (κ2) is 9.46. The Balaban J connectivity index is 1.43. The molecule has 0 spiro atoms. The van der Waals surface area contributed by atoms with Crippen molar-refractivity contribution in [3.63, 3.8) is 0 Å². The Labute approximate surface area is 200 Å². The molecular weight excluding hydrogens is 484 g/mol. The Morgan fingerprint density at radius 2 is 2.15 bits per heavy atom. The summed E-state index contributed by atoms with van der Waals surface area (Å²) in [6, 6.07) is 3.18. The number of anilines is 1. The Morgan fingerprint density at radius 1 is 1.36 bits per heavy atom. The van der Waals surface area contributed by atoms with Crippen molar-refractivity contribution in [2.45, 2.75) is 24.6 Å². The van der Waals surface area contributed by atoms with Crippen LogP contribution in [0.4, 0.5) is 5.69 Å². The quantitative estimate of drug-likeness (QED) is 0.430. The minimum atomic E-state index is -3.36. The number of hydrogen-bond acceptors (Lipinski definition) is 7. The maximum atomic E-state index is 12.6. The molecule has 0 aromatic carbocycles. The van der Waals surface area contributed by atoms with E-state index in [2.05, 4.69) is 31.7 Å². The monoisotopic (exact) mass is 504 g/mol. The van der Waals surface area contributed by atoms with Gasteiger partial charge in [-0.15, -0.1) is 11.3 Å². The van der Waals surface area contributed by atoms with E-state index in [1.807, 2.05) is 0 Å². The molecule has 1 aliphatic carbocycles. The first-order valence-corrected chi connectivity index (χ1v) is 12.7. The Kier molecular flexibility index (Phi) is 6.63. The number of nitrogens with one attached hydrogen (secondary N) is 2. The first kappa shape index (κ1) is 23.1. The van der Waals surface area contributed by atoms with E-state index < -0.39 is 10.0 Å². The van der Waals surface area contributed by atoms with Gasteiger partial charge >= 0.3 is 0 Å². The van der Waals surface area contributed by atoms with E-state index in [4.69, 9.17) is 11.6 Å². The lowest BCUT2D eigenvalue weighted by Gasteiger charge is -2.08. The van der Waals surface area contributed by atoms with Gasteiger partial charge < -0.3 is 5.32 Å². The molecule has 172 valence electrons. The minimum Gasteiger partial charge on any atom is -0.344 e. The molecule has 1 saturated carbocycles. The standard InChI is InChI=1S/C21H21ClN6O3S2/c1-3-13(22)8-18-17(11-26-28(18)2)19-12-25-21(32-19)20(29)24-10-15-9-14(6-7-23-15)27-33(30,31)16-4-5-16/h3,6-9,11-12,16H,1,4-5,10H2,2H3,(H,23,27)(H,24,29)/b13-8+. The fraction of sp³-hybridized carbons (Fsp3) is 0.238. The number of rotatable bonds is 9. The van der Waals surface area contributed by atoms with Crippen LogP contribution in [0, 0.1) is 0 Å². The summed E-state index contributed by atoms with van der Waals surface area (Å²) in [6.07, 6.45) is 9.43. The molecule has 3 heterocycles. The molecule has 1 aliphatic rings. The lowest BCUT2D eigenvalue weighted by molar-refractivity contribution is 0.0950. The molecule has 3 aromatic heterocycles. The van der Waals surface area contributed by atoms with Crippen LogP contribution < -0.4 is 10.0 Å². The molecule has 0 radical (unpaired) electrons. The normalized spacial score (nSPS) is 14.2. The molecule has 0 atom stereocenters. The highest BCUT2D eigenvalue weighted by atomic mass is 35.5. The van der Waals surface area contributed by atoms with Gasteiger partial charge in [0.05, 0.1) is 39.9 Å². The second-order valence-corrected chi connectivity index (χ2v) is 10.8. The zero-order valence-corrected chi connectivity index (χ0v) is 20.0. The molecule has 0 saturated heterocycles. The van der Waals surface area contributed by atoms with Crippen LogP contribution in [0.15, 0.2) is 48.4 Å². The minimum absolute atomic E-state index is 0.128. The van der Waals surface area contributed by atoms with Gasteiger partial charge in [0.25, 0.3) is 5.91 Å². The first-order chi connectivity index (χ1) is 15.8. The van der Waals surface area contributed by atoms with Crippen LogP contribution in [0.1, 0.15) is 34.0 Å². The fourth-order valence-corrected chi connectivity index (χ4v) is 5.35. The molecule has 1 amide bonds. The zero-order valence-electron chi connectivity index (χ0n) is 17.7. The van der Waals surface area contributed by atoms with E-state index in [1.54, 1.807) is 42.3 Å². The maximum absolute atomic E-state index is 12.6. The van der Waals surface area contributed by atoms with Gasteiger partial charge in [-0.1, -0.05) is 24.3 Å². The average molecular weight is 505 g/mol. The van der Waals surface area contributed by atoms with Crippen LogP contribution in [0.3, 0.4) is 0 Å². The van der Waals surface area contributed by atoms with Crippen molar-refractivity contribution in [2.75, 3.05) is 4.72 Å². The third-order valence-corrected chi connectivity index (χ3v) is 8.05. The zero-order chi connectivity index (χ0) is 23.6. The van der Waals surface area contributed by atoms with Crippen molar-refractivity contribution in [3.05, 3.63) is 64.8 Å². The summed E-state index contributed by atoms with van der Waals surface area (Å²) in [5, 5.41) is 7.46. The smallest absolute Gasteiger partial charge is 0.280 e. The first-order valence-electron chi connectivity index (χ1n) is 9.99. The summed E-state index contributed by atoms with van der Waals surface area (Å²) in [6.45, 7) is 3.78. The van der Waals surface area contributed by atoms with Gasteiger partial charge in [-0.05, 0) is 31.1 Å². The summed E-state index contributed by atoms with van der Waals surface area (Å²) < 4.78 is 28.5. The number of sulfonamides is 1. The Bertz CT molecular complexity index is 1340. The van der Waals surface area contributed by atoms with E-state index in [-0.39, 0.29) is 22.7 Å². The lowest BCUT2D eigenvalue weighted by Crippen LogP contribution is -2.23. The molecule has 1 fully saturated rings. The molecule has 0 aliphatic heterocycles. The Hall–Kier alpha value is -3.02. The van der Waals surface area contributed by atoms with Crippen LogP contribution in [0.25, 0.3) is 16.5 Å². The average Bonchev–Trinajstić information content (AvgIpc) is 3.45. The number of thiazole rings is 1. The summed E-state index contributed by atoms with van der Waals surface area (Å²) in [5.41, 5.74) is 2.51. The number of nitrogens with zero attached hydrogens (tertiary/aromatic N) is 4. The summed E-state index contributed by atoms with van der Waals surface area (Å²) in [4.78, 5) is 21.8. The molecule has 3 aromatic rings. The summed E-state index contributed by atoms with van der Waals surface area (Å²) in [5.74, 6) is -0.359. The summed E-state index contributed by atoms with van der Waals surface area (Å²) in [7, 11) is -1.57. The second-order valence-electron chi connectivity index (χ2n) is 7.40. The van der Waals surface area contributed by atoms with Gasteiger partial charge in [0.15, 0.2) is 5.01 Å². The fourth-order valence-electron chi connectivity index (χ4n) is 3.01. The SMILES string of the molecule is C=C/C(Cl)=C\c1c(-c2cnc(C(=O)NCc3cc(NS(=O)(=O)C4CC4)ccn3)s2)cnn1C. The molecule has 0 bridgehead atoms. The van der Waals surface area contributed by atoms with Gasteiger partial charge in [0.1, 0.15) is 0 Å². The largest absolute Gasteiger partial charge is 0.344 e. The third kappa shape index (κ3) is 5.49. The van der Waals surface area contributed by atoms with Crippen LogP contribution >= 0.6 is 22.9 Å². The maximum Gasteiger partial charge on any atom is 0.280 e. The van der Waals surface area contributed by atoms with Crippen molar-refractivity contribution >= 4 is 50.6 Å². The van der Waals surface area contributed by atoms with Crippen molar-refractivity contribution < 1.29 is 13.2 Å². The van der Waals surface area contributed by atoms with E-state index >= 15 is 0 Å². The van der Waals surface area contributed by atoms with Crippen LogP contribution in [-0.4, -0.2) is 39.3 Å². The predicted octanol–water partition coefficient (Wildman–Crippen LogP) is 3.54. The van der Waals surface area contributed by atoms with E-state index in [9.17, 15) is 13.2 Å². The van der Waals surface area contributed by atoms with Gasteiger partial charge in [-0.3, -0.25) is 19.2 Å². The third-order valence-electron chi connectivity index (χ3n) is 4.89. The number of hydrogen-bond donors (Lipinski definition) is 2. The number of amides is 1. The molecule has 2 N–H and O–H groups in total. The van der Waals surface area contributed by atoms with Crippen molar-refractivity contribution in [1.82, 2.24) is 25.1 Å². The number of carbonyl (C=O) groups excluding carboxylic acids is 1. The summed E-state index contributed by atoms with van der Waals surface area (Å²) >= 11 is 7.32. The highest BCUT2D eigenvalue weighted by molar-refractivity contribution is 7.93.